The molecule has 0 radical (unpaired) electrons. The first kappa shape index (κ1) is 21.1. The predicted molar refractivity (Wildman–Crippen MR) is 117 cm³/mol. The maximum absolute atomic E-state index is 12.5. The number of nitrogens with zero attached hydrogens (tertiary/aromatic N) is 2. The maximum atomic E-state index is 12.5. The Morgan fingerprint density at radius 2 is 2.21 bits per heavy atom. The van der Waals surface area contributed by atoms with Crippen LogP contribution in [0.25, 0.3) is 0 Å². The van der Waals surface area contributed by atoms with Gasteiger partial charge in [-0.15, -0.1) is 11.3 Å². The number of thiophene rings is 1. The fourth-order valence-corrected chi connectivity index (χ4v) is 4.96. The second kappa shape index (κ2) is 9.73. The maximum Gasteiger partial charge on any atom is 0.239 e. The summed E-state index contributed by atoms with van der Waals surface area (Å²) in [5, 5.41) is 13.2. The average Bonchev–Trinajstić information content (AvgIpc) is 3.02. The average molecular weight is 410 g/mol. The van der Waals surface area contributed by atoms with Crippen molar-refractivity contribution in [3.05, 3.63) is 58.5 Å². The van der Waals surface area contributed by atoms with Crippen molar-refractivity contribution in [2.24, 2.45) is 5.92 Å². The standard InChI is InChI=1S/C23H27N3O2S/c1-4-11-28-18-8-6-17(7-9-18)14-26(3)15-22(27)25-23-20(13-24)19-10-5-16(2)12-21(19)29-23/h4,6-9,16H,1,5,10-12,14-15H2,2-3H3,(H,25,27)/t16-/m0/s1. The molecule has 29 heavy (non-hydrogen) atoms. The Morgan fingerprint density at radius 1 is 1.45 bits per heavy atom. The molecule has 5 nitrogen and oxygen atoms in total. The van der Waals surface area contributed by atoms with E-state index in [9.17, 15) is 10.1 Å². The summed E-state index contributed by atoms with van der Waals surface area (Å²) in [6, 6.07) is 10.1. The highest BCUT2D eigenvalue weighted by Gasteiger charge is 2.24. The molecule has 1 aliphatic carbocycles. The van der Waals surface area contributed by atoms with E-state index in [0.29, 0.717) is 29.6 Å². The monoisotopic (exact) mass is 409 g/mol. The third-order valence-electron chi connectivity index (χ3n) is 5.03. The third-order valence-corrected chi connectivity index (χ3v) is 6.20. The molecule has 152 valence electrons. The summed E-state index contributed by atoms with van der Waals surface area (Å²) < 4.78 is 5.49. The summed E-state index contributed by atoms with van der Waals surface area (Å²) in [5.74, 6) is 1.34. The molecule has 1 aliphatic rings. The second-order valence-electron chi connectivity index (χ2n) is 7.63. The highest BCUT2D eigenvalue weighted by Crippen LogP contribution is 2.39. The quantitative estimate of drug-likeness (QED) is 0.657. The number of ether oxygens (including phenoxy) is 1. The molecule has 1 N–H and O–H groups in total. The molecule has 0 spiro atoms. The molecule has 0 bridgehead atoms. The zero-order valence-corrected chi connectivity index (χ0v) is 17.8. The van der Waals surface area contributed by atoms with Gasteiger partial charge in [0.2, 0.25) is 5.91 Å². The third kappa shape index (κ3) is 5.47. The number of benzene rings is 1. The van der Waals surface area contributed by atoms with E-state index in [0.717, 1.165) is 36.1 Å². The van der Waals surface area contributed by atoms with Crippen LogP contribution in [0.3, 0.4) is 0 Å². The molecule has 0 saturated heterocycles. The number of nitrogens with one attached hydrogen (secondary N) is 1. The minimum Gasteiger partial charge on any atom is -0.490 e. The van der Waals surface area contributed by atoms with Gasteiger partial charge in [0, 0.05) is 11.4 Å². The molecule has 0 unspecified atom stereocenters. The second-order valence-corrected chi connectivity index (χ2v) is 8.74. The van der Waals surface area contributed by atoms with Gasteiger partial charge in [0.15, 0.2) is 0 Å². The number of carbonyl (C=O) groups excluding carboxylic acids is 1. The highest BCUT2D eigenvalue weighted by atomic mass is 32.1. The number of anilines is 1. The van der Waals surface area contributed by atoms with Crippen LogP contribution in [0.1, 0.15) is 34.9 Å². The van der Waals surface area contributed by atoms with E-state index in [4.69, 9.17) is 4.74 Å². The zero-order chi connectivity index (χ0) is 20.8. The summed E-state index contributed by atoms with van der Waals surface area (Å²) in [6.45, 7) is 7.27. The Morgan fingerprint density at radius 3 is 2.90 bits per heavy atom. The molecule has 0 saturated carbocycles. The lowest BCUT2D eigenvalue weighted by atomic mass is 9.89. The molecule has 1 heterocycles. The van der Waals surface area contributed by atoms with E-state index >= 15 is 0 Å². The van der Waals surface area contributed by atoms with E-state index in [1.54, 1.807) is 17.4 Å². The number of nitriles is 1. The van der Waals surface area contributed by atoms with Gasteiger partial charge < -0.3 is 10.1 Å². The van der Waals surface area contributed by atoms with Gasteiger partial charge in [0.1, 0.15) is 23.4 Å². The molecule has 2 aromatic rings. The SMILES string of the molecule is C=CCOc1ccc(CN(C)CC(=O)Nc2sc3c(c2C#N)CC[C@H](C)C3)cc1. The van der Waals surface area contributed by atoms with Crippen LogP contribution in [-0.2, 0) is 24.2 Å². The molecule has 1 amide bonds. The van der Waals surface area contributed by atoms with Crippen molar-refractivity contribution in [1.29, 1.82) is 5.26 Å². The van der Waals surface area contributed by atoms with Gasteiger partial charge in [-0.2, -0.15) is 5.26 Å². The Bertz CT molecular complexity index is 911. The Balaban J connectivity index is 1.57. The smallest absolute Gasteiger partial charge is 0.239 e. The molecular weight excluding hydrogens is 382 g/mol. The molecular formula is C23H27N3O2S. The largest absolute Gasteiger partial charge is 0.490 e. The van der Waals surface area contributed by atoms with Crippen LogP contribution < -0.4 is 10.1 Å². The van der Waals surface area contributed by atoms with Gasteiger partial charge >= 0.3 is 0 Å². The van der Waals surface area contributed by atoms with Gasteiger partial charge in [-0.25, -0.2) is 0 Å². The number of hydrogen-bond acceptors (Lipinski definition) is 5. The summed E-state index contributed by atoms with van der Waals surface area (Å²) in [4.78, 5) is 15.8. The van der Waals surface area contributed by atoms with Crippen molar-refractivity contribution in [1.82, 2.24) is 4.90 Å². The normalized spacial score (nSPS) is 15.4. The molecule has 1 aromatic carbocycles. The molecule has 1 aromatic heterocycles. The van der Waals surface area contributed by atoms with Gasteiger partial charge in [-0.05, 0) is 55.5 Å². The molecule has 1 atom stereocenters. The van der Waals surface area contributed by atoms with Crippen molar-refractivity contribution in [2.45, 2.75) is 32.7 Å². The van der Waals surface area contributed by atoms with Gasteiger partial charge in [0.05, 0.1) is 12.1 Å². The molecule has 0 aliphatic heterocycles. The van der Waals surface area contributed by atoms with Gasteiger partial charge in [-0.1, -0.05) is 31.7 Å². The Labute approximate surface area is 176 Å². The lowest BCUT2D eigenvalue weighted by Gasteiger charge is -2.17. The van der Waals surface area contributed by atoms with Crippen LogP contribution in [0.5, 0.6) is 5.75 Å². The van der Waals surface area contributed by atoms with E-state index in [1.165, 1.54) is 4.88 Å². The summed E-state index contributed by atoms with van der Waals surface area (Å²) in [7, 11) is 1.91. The Hall–Kier alpha value is -2.62. The minimum atomic E-state index is -0.0958. The van der Waals surface area contributed by atoms with E-state index in [-0.39, 0.29) is 12.5 Å². The van der Waals surface area contributed by atoms with E-state index < -0.39 is 0 Å². The summed E-state index contributed by atoms with van der Waals surface area (Å²) >= 11 is 1.56. The number of likely N-dealkylation sites (N-methyl/N-ethyl adjacent to an activating group) is 1. The number of hydrogen-bond donors (Lipinski definition) is 1. The van der Waals surface area contributed by atoms with Crippen LogP contribution >= 0.6 is 11.3 Å². The van der Waals surface area contributed by atoms with Crippen molar-refractivity contribution in [3.8, 4) is 11.8 Å². The zero-order valence-electron chi connectivity index (χ0n) is 17.0. The number of carbonyl (C=O) groups is 1. The van der Waals surface area contributed by atoms with Crippen LogP contribution in [0, 0.1) is 17.2 Å². The van der Waals surface area contributed by atoms with Crippen LogP contribution in [0.15, 0.2) is 36.9 Å². The molecule has 0 fully saturated rings. The predicted octanol–water partition coefficient (Wildman–Crippen LogP) is 4.38. The van der Waals surface area contributed by atoms with E-state index in [1.807, 2.05) is 36.2 Å². The first-order valence-electron chi connectivity index (χ1n) is 9.85. The lowest BCUT2D eigenvalue weighted by Crippen LogP contribution is -2.29. The van der Waals surface area contributed by atoms with Gasteiger partial charge in [-0.3, -0.25) is 9.69 Å². The first-order valence-corrected chi connectivity index (χ1v) is 10.7. The number of fused-ring (bicyclic) bond motifs is 1. The lowest BCUT2D eigenvalue weighted by molar-refractivity contribution is -0.117. The summed E-state index contributed by atoms with van der Waals surface area (Å²) in [5.41, 5.74) is 2.89. The highest BCUT2D eigenvalue weighted by molar-refractivity contribution is 7.16. The number of amides is 1. The number of rotatable bonds is 8. The van der Waals surface area contributed by atoms with Crippen molar-refractivity contribution in [3.63, 3.8) is 0 Å². The molecule has 6 heteroatoms. The van der Waals surface area contributed by atoms with Crippen LogP contribution in [0.4, 0.5) is 5.00 Å². The van der Waals surface area contributed by atoms with Gasteiger partial charge in [0.25, 0.3) is 0 Å². The topological polar surface area (TPSA) is 65.4 Å². The van der Waals surface area contributed by atoms with Crippen molar-refractivity contribution in [2.75, 3.05) is 25.5 Å². The molecule has 3 rings (SSSR count). The minimum absolute atomic E-state index is 0.0958. The van der Waals surface area contributed by atoms with E-state index in [2.05, 4.69) is 24.9 Å². The van der Waals surface area contributed by atoms with Crippen molar-refractivity contribution < 1.29 is 9.53 Å². The fourth-order valence-electron chi connectivity index (χ4n) is 3.58. The Kier molecular flexibility index (Phi) is 7.08. The fraction of sp³-hybridized carbons (Fsp3) is 0.391. The summed E-state index contributed by atoms with van der Waals surface area (Å²) in [6.07, 6.45) is 4.74. The van der Waals surface area contributed by atoms with Crippen LogP contribution in [0.2, 0.25) is 0 Å². The van der Waals surface area contributed by atoms with Crippen molar-refractivity contribution >= 4 is 22.2 Å². The van der Waals surface area contributed by atoms with Crippen LogP contribution in [-0.4, -0.2) is 31.0 Å². The first-order chi connectivity index (χ1) is 14.0.